The molecule has 5 N–H and O–H groups in total. The van der Waals surface area contributed by atoms with Crippen LogP contribution in [0.3, 0.4) is 0 Å². The molecule has 0 aliphatic rings. The summed E-state index contributed by atoms with van der Waals surface area (Å²) < 4.78 is 27.5. The van der Waals surface area contributed by atoms with Crippen molar-refractivity contribution in [2.75, 3.05) is 5.32 Å². The van der Waals surface area contributed by atoms with Crippen LogP contribution >= 0.6 is 0 Å². The molecule has 0 aromatic heterocycles. The third kappa shape index (κ3) is 8.16. The number of rotatable bonds is 7. The van der Waals surface area contributed by atoms with Crippen molar-refractivity contribution < 1.29 is 33.2 Å². The number of hydrogen-bond donors (Lipinski definition) is 5. The molecule has 0 spiro atoms. The van der Waals surface area contributed by atoms with Gasteiger partial charge < -0.3 is 16.0 Å². The Kier molecular flexibility index (Phi) is 9.87. The van der Waals surface area contributed by atoms with Crippen LogP contribution in [0.1, 0.15) is 42.3 Å². The topological polar surface area (TPSA) is 137 Å². The molecule has 0 aliphatic heterocycles. The molecule has 0 heterocycles. The van der Waals surface area contributed by atoms with E-state index in [4.69, 9.17) is 5.21 Å². The Morgan fingerprint density at radius 2 is 1.38 bits per heavy atom. The minimum atomic E-state index is -3.26. The van der Waals surface area contributed by atoms with Crippen LogP contribution in [0.5, 0.6) is 0 Å². The molecule has 2 aromatic rings. The van der Waals surface area contributed by atoms with E-state index >= 15 is 0 Å². The van der Waals surface area contributed by atoms with Crippen molar-refractivity contribution in [1.29, 1.82) is 0 Å². The average molecular weight is 510 g/mol. The zero-order valence-electron chi connectivity index (χ0n) is 20.1. The number of anilines is 1. The van der Waals surface area contributed by atoms with Gasteiger partial charge in [0.05, 0.1) is 0 Å². The maximum absolute atomic E-state index is 13.7. The lowest BCUT2D eigenvalue weighted by molar-refractivity contribution is -0.137. The summed E-state index contributed by atoms with van der Waals surface area (Å²) >= 11 is 0. The molecular formula is C26H24F2N4O5. The molecule has 9 nitrogen and oxygen atoms in total. The first kappa shape index (κ1) is 28.5. The predicted octanol–water partition coefficient (Wildman–Crippen LogP) is 1.81. The highest BCUT2D eigenvalue weighted by atomic mass is 19.3. The Morgan fingerprint density at radius 3 is 1.81 bits per heavy atom. The van der Waals surface area contributed by atoms with Gasteiger partial charge in [-0.1, -0.05) is 11.8 Å². The third-order valence-corrected chi connectivity index (χ3v) is 4.97. The molecule has 0 fully saturated rings. The van der Waals surface area contributed by atoms with Gasteiger partial charge in [-0.25, -0.2) is 14.3 Å². The smallest absolute Gasteiger partial charge is 0.268 e. The minimum absolute atomic E-state index is 0.0195. The van der Waals surface area contributed by atoms with Crippen LogP contribution in [0.2, 0.25) is 0 Å². The van der Waals surface area contributed by atoms with Gasteiger partial charge >= 0.3 is 0 Å². The predicted molar refractivity (Wildman–Crippen MR) is 130 cm³/mol. The van der Waals surface area contributed by atoms with Crippen LogP contribution in [-0.4, -0.2) is 46.8 Å². The first-order chi connectivity index (χ1) is 17.5. The minimum Gasteiger partial charge on any atom is -0.343 e. The molecule has 2 aromatic carbocycles. The van der Waals surface area contributed by atoms with Gasteiger partial charge in [0.25, 0.3) is 18.2 Å². The first-order valence-corrected chi connectivity index (χ1v) is 10.8. The van der Waals surface area contributed by atoms with E-state index in [0.717, 1.165) is 13.8 Å². The number of amides is 4. The van der Waals surface area contributed by atoms with E-state index in [-0.39, 0.29) is 11.5 Å². The summed E-state index contributed by atoms with van der Waals surface area (Å²) in [4.78, 5) is 47.2. The van der Waals surface area contributed by atoms with E-state index in [1.807, 2.05) is 5.32 Å². The zero-order valence-corrected chi connectivity index (χ0v) is 20.1. The number of carbonyl (C=O) groups excluding carboxylic acids is 4. The second-order valence-corrected chi connectivity index (χ2v) is 7.98. The van der Waals surface area contributed by atoms with Gasteiger partial charge in [-0.3, -0.25) is 24.4 Å². The van der Waals surface area contributed by atoms with Gasteiger partial charge in [-0.2, -0.15) is 0 Å². The Morgan fingerprint density at radius 1 is 0.865 bits per heavy atom. The van der Waals surface area contributed by atoms with E-state index in [1.54, 1.807) is 24.3 Å². The number of carbonyl (C=O) groups is 4. The molecule has 0 saturated carbocycles. The van der Waals surface area contributed by atoms with Crippen molar-refractivity contribution in [2.24, 2.45) is 0 Å². The Hall–Kier alpha value is -4.74. The molecule has 2 rings (SSSR count). The van der Waals surface area contributed by atoms with E-state index in [2.05, 4.69) is 34.3 Å². The van der Waals surface area contributed by atoms with Gasteiger partial charge in [0, 0.05) is 36.2 Å². The van der Waals surface area contributed by atoms with Crippen LogP contribution in [0.25, 0.3) is 0 Å². The molecule has 192 valence electrons. The van der Waals surface area contributed by atoms with Crippen LogP contribution in [0.4, 0.5) is 14.5 Å². The maximum Gasteiger partial charge on any atom is 0.268 e. The lowest BCUT2D eigenvalue weighted by atomic mass is 9.91. The van der Waals surface area contributed by atoms with Crippen LogP contribution < -0.4 is 21.4 Å². The number of halogens is 2. The summed E-state index contributed by atoms with van der Waals surface area (Å²) in [7, 11) is 0. The van der Waals surface area contributed by atoms with E-state index in [1.165, 1.54) is 36.7 Å². The summed E-state index contributed by atoms with van der Waals surface area (Å²) in [5.74, 6) is 7.72. The van der Waals surface area contributed by atoms with E-state index in [9.17, 15) is 28.0 Å². The van der Waals surface area contributed by atoms with E-state index < -0.39 is 35.7 Å². The van der Waals surface area contributed by atoms with Crippen molar-refractivity contribution in [2.45, 2.75) is 38.8 Å². The molecule has 37 heavy (non-hydrogen) atoms. The third-order valence-electron chi connectivity index (χ3n) is 4.97. The summed E-state index contributed by atoms with van der Waals surface area (Å²) in [5.41, 5.74) is 0.589. The number of nitrogens with one attached hydrogen (secondary N) is 4. The number of hydroxylamine groups is 1. The van der Waals surface area contributed by atoms with Crippen molar-refractivity contribution in [3.05, 3.63) is 65.2 Å². The fourth-order valence-corrected chi connectivity index (χ4v) is 3.15. The largest absolute Gasteiger partial charge is 0.343 e. The van der Waals surface area contributed by atoms with Crippen LogP contribution in [-0.2, 0) is 14.4 Å². The first-order valence-electron chi connectivity index (χ1n) is 10.8. The SMILES string of the molecule is CC(=O)Nc1ccc(C#CC#Cc2ccc(C(=O)NC(C(=O)NO)C(C)(NC(C)=O)C(F)F)cc2)cc1. The van der Waals surface area contributed by atoms with E-state index in [0.29, 0.717) is 16.8 Å². The quantitative estimate of drug-likeness (QED) is 0.220. The molecule has 0 aliphatic carbocycles. The van der Waals surface area contributed by atoms with Crippen molar-refractivity contribution in [1.82, 2.24) is 16.1 Å². The highest BCUT2D eigenvalue weighted by Gasteiger charge is 2.48. The van der Waals surface area contributed by atoms with Gasteiger partial charge in [0.1, 0.15) is 11.6 Å². The molecular weight excluding hydrogens is 486 g/mol. The molecule has 11 heteroatoms. The normalized spacial score (nSPS) is 12.4. The fraction of sp³-hybridized carbons (Fsp3) is 0.231. The Balaban J connectivity index is 2.13. The summed E-state index contributed by atoms with van der Waals surface area (Å²) in [5, 5.41) is 15.7. The number of hydrogen-bond acceptors (Lipinski definition) is 5. The van der Waals surface area contributed by atoms with Crippen molar-refractivity contribution in [3.63, 3.8) is 0 Å². The monoisotopic (exact) mass is 510 g/mol. The Labute approximate surface area is 212 Å². The number of benzene rings is 2. The maximum atomic E-state index is 13.7. The number of alkyl halides is 2. The van der Waals surface area contributed by atoms with Crippen molar-refractivity contribution in [3.8, 4) is 23.7 Å². The summed E-state index contributed by atoms with van der Waals surface area (Å²) in [6.45, 7) is 3.26. The summed E-state index contributed by atoms with van der Waals surface area (Å²) in [6.07, 6.45) is -3.26. The van der Waals surface area contributed by atoms with Crippen LogP contribution in [0, 0.1) is 23.7 Å². The van der Waals surface area contributed by atoms with Gasteiger partial charge in [-0.15, -0.1) is 0 Å². The second kappa shape index (κ2) is 12.8. The molecule has 2 atom stereocenters. The second-order valence-electron chi connectivity index (χ2n) is 7.98. The van der Waals surface area contributed by atoms with Gasteiger partial charge in [0.15, 0.2) is 0 Å². The van der Waals surface area contributed by atoms with Gasteiger partial charge in [-0.05, 0) is 67.3 Å². The standard InChI is InChI=1S/C26H24F2N4O5/c1-16(33)29-21-14-10-19(11-15-21)7-5-4-6-18-8-12-20(13-9-18)23(35)30-22(24(36)32-37)26(3,25(27)28)31-17(2)34/h8-15,22,25,37H,1-3H3,(H,29,33)(H,30,35)(H,31,34)(H,32,36). The average Bonchev–Trinajstić information content (AvgIpc) is 2.85. The molecule has 4 amide bonds. The fourth-order valence-electron chi connectivity index (χ4n) is 3.15. The molecule has 0 saturated heterocycles. The van der Waals surface area contributed by atoms with Crippen molar-refractivity contribution >= 4 is 29.3 Å². The van der Waals surface area contributed by atoms with Gasteiger partial charge in [0.2, 0.25) is 11.8 Å². The summed E-state index contributed by atoms with van der Waals surface area (Å²) in [6, 6.07) is 10.6. The Bertz CT molecular complexity index is 1290. The zero-order chi connectivity index (χ0) is 27.6. The highest BCUT2D eigenvalue weighted by Crippen LogP contribution is 2.21. The van der Waals surface area contributed by atoms with Crippen LogP contribution in [0.15, 0.2) is 48.5 Å². The highest BCUT2D eigenvalue weighted by molar-refractivity contribution is 5.98. The molecule has 0 radical (unpaired) electrons. The molecule has 0 bridgehead atoms. The lowest BCUT2D eigenvalue weighted by Crippen LogP contribution is -2.68. The molecule has 2 unspecified atom stereocenters. The lowest BCUT2D eigenvalue weighted by Gasteiger charge is -2.36.